The highest BCUT2D eigenvalue weighted by Crippen LogP contribution is 2.56. The molecule has 0 saturated heterocycles. The van der Waals surface area contributed by atoms with Crippen molar-refractivity contribution in [2.24, 2.45) is 0 Å². The molecule has 4 nitrogen and oxygen atoms in total. The number of fused-ring (bicyclic) bond motifs is 9. The van der Waals surface area contributed by atoms with Gasteiger partial charge >= 0.3 is 0 Å². The lowest BCUT2D eigenvalue weighted by Crippen LogP contribution is -2.28. The Morgan fingerprint density at radius 2 is 0.763 bits per heavy atom. The molecule has 0 fully saturated rings. The zero-order valence-electron chi connectivity index (χ0n) is 31.9. The van der Waals surface area contributed by atoms with Gasteiger partial charge in [-0.3, -0.25) is 9.97 Å². The molecule has 0 aliphatic heterocycles. The fourth-order valence-electron chi connectivity index (χ4n) is 9.45. The van der Waals surface area contributed by atoms with Crippen molar-refractivity contribution in [1.29, 1.82) is 0 Å². The maximum absolute atomic E-state index is 5.17. The van der Waals surface area contributed by atoms with Gasteiger partial charge in [-0.05, 0) is 74.8 Å². The molecule has 4 heteroatoms. The lowest BCUT2D eigenvalue weighted by Gasteiger charge is -2.34. The Balaban J connectivity index is 0.961. The minimum atomic E-state index is -0.519. The molecule has 4 heterocycles. The number of nitrogens with zero attached hydrogens (tertiary/aromatic N) is 4. The molecule has 7 aromatic carbocycles. The van der Waals surface area contributed by atoms with E-state index in [0.29, 0.717) is 0 Å². The number of pyridine rings is 4. The van der Waals surface area contributed by atoms with Crippen LogP contribution in [0.15, 0.2) is 207 Å². The van der Waals surface area contributed by atoms with Crippen molar-refractivity contribution in [3.63, 3.8) is 0 Å². The first-order valence-corrected chi connectivity index (χ1v) is 20.0. The second-order valence-electron chi connectivity index (χ2n) is 15.4. The molecule has 0 unspecified atom stereocenters. The van der Waals surface area contributed by atoms with Crippen LogP contribution >= 0.6 is 0 Å². The Morgan fingerprint density at radius 1 is 0.305 bits per heavy atom. The van der Waals surface area contributed by atoms with E-state index in [1.54, 1.807) is 0 Å². The predicted molar refractivity (Wildman–Crippen MR) is 241 cm³/mol. The summed E-state index contributed by atoms with van der Waals surface area (Å²) in [5.41, 5.74) is 17.0. The topological polar surface area (TPSA) is 51.6 Å². The molecule has 0 atom stereocenters. The quantitative estimate of drug-likeness (QED) is 0.164. The van der Waals surface area contributed by atoms with Gasteiger partial charge in [0.2, 0.25) is 0 Å². The first kappa shape index (κ1) is 33.3. The molecule has 11 aromatic rings. The van der Waals surface area contributed by atoms with E-state index in [0.717, 1.165) is 77.3 Å². The normalized spacial score (nSPS) is 12.9. The molecule has 0 amide bonds. The maximum Gasteiger partial charge on any atom is 0.0972 e. The van der Waals surface area contributed by atoms with E-state index in [2.05, 4.69) is 187 Å². The van der Waals surface area contributed by atoms with Crippen LogP contribution in [0.3, 0.4) is 0 Å². The summed E-state index contributed by atoms with van der Waals surface area (Å²) in [6, 6.07) is 69.9. The highest BCUT2D eigenvalue weighted by Gasteiger charge is 2.45. The van der Waals surface area contributed by atoms with Gasteiger partial charge in [0.05, 0.1) is 38.9 Å². The van der Waals surface area contributed by atoms with Gasteiger partial charge < -0.3 is 0 Å². The van der Waals surface area contributed by atoms with Crippen LogP contribution < -0.4 is 0 Å². The fraction of sp³-hybridized carbons (Fsp3) is 0.0182. The van der Waals surface area contributed by atoms with Gasteiger partial charge in [0, 0.05) is 45.1 Å². The molecular formula is C55H34N4. The van der Waals surface area contributed by atoms with Crippen molar-refractivity contribution < 1.29 is 0 Å². The van der Waals surface area contributed by atoms with Crippen LogP contribution in [0.25, 0.3) is 88.4 Å². The minimum absolute atomic E-state index is 0.519. The lowest BCUT2D eigenvalue weighted by molar-refractivity contribution is 0.769. The Labute approximate surface area is 341 Å². The summed E-state index contributed by atoms with van der Waals surface area (Å²) in [4.78, 5) is 19.7. The molecule has 59 heavy (non-hydrogen) atoms. The number of hydrogen-bond donors (Lipinski definition) is 0. The Bertz CT molecular complexity index is 3400. The third kappa shape index (κ3) is 5.16. The zero-order valence-corrected chi connectivity index (χ0v) is 31.9. The van der Waals surface area contributed by atoms with E-state index in [4.69, 9.17) is 15.0 Å². The first-order valence-electron chi connectivity index (χ1n) is 20.0. The molecule has 0 saturated carbocycles. The highest BCUT2D eigenvalue weighted by molar-refractivity contribution is 6.04. The van der Waals surface area contributed by atoms with E-state index in [1.165, 1.54) is 33.4 Å². The summed E-state index contributed by atoms with van der Waals surface area (Å²) >= 11 is 0. The standard InChI is InChI=1S/C55H34N4/c1-3-14-47-45(12-1)46-13-2-4-15-48(46)55(47,44-28-22-36(23-29-44)49-30-24-39-18-16-37-10-6-32-56-51(37)53(39)58-49)43-26-20-35(21-27-43)41-8-5-9-42(34-41)50-31-25-40-19-17-38-11-7-33-57-52(38)54(40)59-50/h1-34H. The van der Waals surface area contributed by atoms with Crippen LogP contribution in [-0.4, -0.2) is 19.9 Å². The van der Waals surface area contributed by atoms with Crippen LogP contribution in [0.1, 0.15) is 22.3 Å². The number of benzene rings is 7. The van der Waals surface area contributed by atoms with E-state index < -0.39 is 5.41 Å². The third-order valence-electron chi connectivity index (χ3n) is 12.2. The van der Waals surface area contributed by atoms with Crippen LogP contribution in [0.2, 0.25) is 0 Å². The number of rotatable bonds is 5. The summed E-state index contributed by atoms with van der Waals surface area (Å²) < 4.78 is 0. The first-order chi connectivity index (χ1) is 29.2. The second kappa shape index (κ2) is 13.1. The average Bonchev–Trinajstić information content (AvgIpc) is 3.62. The molecule has 4 aromatic heterocycles. The second-order valence-corrected chi connectivity index (χ2v) is 15.4. The molecule has 12 rings (SSSR count). The van der Waals surface area contributed by atoms with E-state index in [1.807, 2.05) is 24.5 Å². The maximum atomic E-state index is 5.17. The van der Waals surface area contributed by atoms with Crippen molar-refractivity contribution in [1.82, 2.24) is 19.9 Å². The summed E-state index contributed by atoms with van der Waals surface area (Å²) in [5, 5.41) is 4.35. The molecule has 274 valence electrons. The van der Waals surface area contributed by atoms with Gasteiger partial charge in [0.25, 0.3) is 0 Å². The molecular weight excluding hydrogens is 717 g/mol. The summed E-state index contributed by atoms with van der Waals surface area (Å²) in [6.07, 6.45) is 3.68. The third-order valence-corrected chi connectivity index (χ3v) is 12.2. The van der Waals surface area contributed by atoms with Gasteiger partial charge in [0.15, 0.2) is 0 Å². The van der Waals surface area contributed by atoms with Gasteiger partial charge in [-0.15, -0.1) is 0 Å². The predicted octanol–water partition coefficient (Wildman–Crippen LogP) is 13.2. The van der Waals surface area contributed by atoms with Crippen LogP contribution in [0, 0.1) is 0 Å². The van der Waals surface area contributed by atoms with Crippen LogP contribution in [-0.2, 0) is 5.41 Å². The smallest absolute Gasteiger partial charge is 0.0972 e. The molecule has 0 radical (unpaired) electrons. The SMILES string of the molecule is c1cc(-c2ccc(C3(c4ccc(-c5ccc6ccc7cccnc7c6n5)cc4)c4ccccc4-c4ccccc43)cc2)cc(-c2ccc3ccc4cccnc4c3n2)c1. The number of hydrogen-bond acceptors (Lipinski definition) is 4. The van der Waals surface area contributed by atoms with Gasteiger partial charge in [-0.1, -0.05) is 164 Å². The monoisotopic (exact) mass is 750 g/mol. The molecule has 0 spiro atoms. The fourth-order valence-corrected chi connectivity index (χ4v) is 9.45. The van der Waals surface area contributed by atoms with E-state index in [-0.39, 0.29) is 0 Å². The van der Waals surface area contributed by atoms with Crippen molar-refractivity contribution in [2.45, 2.75) is 5.41 Å². The van der Waals surface area contributed by atoms with Crippen LogP contribution in [0.5, 0.6) is 0 Å². The Morgan fingerprint density at radius 3 is 1.32 bits per heavy atom. The largest absolute Gasteiger partial charge is 0.254 e. The van der Waals surface area contributed by atoms with Crippen molar-refractivity contribution in [3.8, 4) is 44.8 Å². The zero-order chi connectivity index (χ0) is 38.9. The summed E-state index contributed by atoms with van der Waals surface area (Å²) in [6.45, 7) is 0. The minimum Gasteiger partial charge on any atom is -0.254 e. The van der Waals surface area contributed by atoms with Gasteiger partial charge in [-0.2, -0.15) is 0 Å². The lowest BCUT2D eigenvalue weighted by atomic mass is 9.67. The summed E-state index contributed by atoms with van der Waals surface area (Å²) in [7, 11) is 0. The Kier molecular flexibility index (Phi) is 7.41. The van der Waals surface area contributed by atoms with Crippen molar-refractivity contribution >= 4 is 43.6 Å². The molecule has 1 aliphatic carbocycles. The molecule has 0 bridgehead atoms. The van der Waals surface area contributed by atoms with Crippen molar-refractivity contribution in [2.75, 3.05) is 0 Å². The van der Waals surface area contributed by atoms with Gasteiger partial charge in [0.1, 0.15) is 0 Å². The average molecular weight is 751 g/mol. The van der Waals surface area contributed by atoms with E-state index >= 15 is 0 Å². The van der Waals surface area contributed by atoms with E-state index in [9.17, 15) is 0 Å². The Hall–Kier alpha value is -7.82. The van der Waals surface area contributed by atoms with Crippen LogP contribution in [0.4, 0.5) is 0 Å². The summed E-state index contributed by atoms with van der Waals surface area (Å²) in [5.74, 6) is 0. The van der Waals surface area contributed by atoms with Crippen molar-refractivity contribution in [3.05, 3.63) is 229 Å². The highest BCUT2D eigenvalue weighted by atomic mass is 14.8. The van der Waals surface area contributed by atoms with Gasteiger partial charge in [-0.25, -0.2) is 9.97 Å². The number of aromatic nitrogens is 4. The molecule has 0 N–H and O–H groups in total. The molecule has 1 aliphatic rings.